The first-order valence-corrected chi connectivity index (χ1v) is 7.43. The number of nitro benzene ring substituents is 1. The number of benzene rings is 1. The lowest BCUT2D eigenvalue weighted by Gasteiger charge is -2.13. The third-order valence-electron chi connectivity index (χ3n) is 3.42. The Kier molecular flexibility index (Phi) is 3.95. The summed E-state index contributed by atoms with van der Waals surface area (Å²) in [5.74, 6) is -2.87. The van der Waals surface area contributed by atoms with Crippen molar-refractivity contribution in [1.29, 1.82) is 0 Å². The second-order valence-corrected chi connectivity index (χ2v) is 6.71. The molecule has 0 radical (unpaired) electrons. The molecule has 0 spiro atoms. The van der Waals surface area contributed by atoms with Gasteiger partial charge in [0, 0.05) is 30.7 Å². The fourth-order valence-corrected chi connectivity index (χ4v) is 2.99. The number of sulfonamides is 1. The minimum Gasteiger partial charge on any atom is -0.396 e. The van der Waals surface area contributed by atoms with Gasteiger partial charge in [-0.3, -0.25) is 10.1 Å². The van der Waals surface area contributed by atoms with Crippen molar-refractivity contribution in [3.05, 3.63) is 33.9 Å². The zero-order valence-electron chi connectivity index (χ0n) is 10.7. The summed E-state index contributed by atoms with van der Waals surface area (Å²) in [5.41, 5.74) is -1.68. The molecule has 0 unspecified atom stereocenters. The first kappa shape index (κ1) is 15.7. The number of hydrogen-bond donors (Lipinski definition) is 2. The fourth-order valence-electron chi connectivity index (χ4n) is 1.76. The van der Waals surface area contributed by atoms with Crippen LogP contribution in [-0.4, -0.2) is 31.6 Å². The molecule has 0 atom stereocenters. The summed E-state index contributed by atoms with van der Waals surface area (Å²) in [6.45, 7) is -0.335. The molecule has 1 saturated carbocycles. The Labute approximate surface area is 118 Å². The standard InChI is InChI=1S/C11H12F2N2O5S/c12-7-3-8(13)10(4-9(7)15(17)18)21(19,20)14-5-11(6-16)1-2-11/h3-4,14,16H,1-2,5-6H2. The lowest BCUT2D eigenvalue weighted by molar-refractivity contribution is -0.387. The quantitative estimate of drug-likeness (QED) is 0.598. The van der Waals surface area contributed by atoms with Crippen molar-refractivity contribution < 1.29 is 27.2 Å². The van der Waals surface area contributed by atoms with Gasteiger partial charge in [-0.15, -0.1) is 0 Å². The van der Waals surface area contributed by atoms with Crippen LogP contribution in [0, 0.1) is 27.2 Å². The van der Waals surface area contributed by atoms with Gasteiger partial charge in [-0.25, -0.2) is 17.5 Å². The van der Waals surface area contributed by atoms with Gasteiger partial charge < -0.3 is 5.11 Å². The number of rotatable bonds is 6. The Morgan fingerprint density at radius 1 is 1.33 bits per heavy atom. The van der Waals surface area contributed by atoms with E-state index in [9.17, 15) is 27.3 Å². The molecular formula is C11H12F2N2O5S. The highest BCUT2D eigenvalue weighted by atomic mass is 32.2. The van der Waals surface area contributed by atoms with Crippen molar-refractivity contribution in [2.24, 2.45) is 5.41 Å². The number of nitro groups is 1. The lowest BCUT2D eigenvalue weighted by atomic mass is 10.1. The third kappa shape index (κ3) is 3.17. The van der Waals surface area contributed by atoms with Gasteiger partial charge in [-0.2, -0.15) is 4.39 Å². The molecule has 10 heteroatoms. The van der Waals surface area contributed by atoms with Crippen LogP contribution in [0.1, 0.15) is 12.8 Å². The Morgan fingerprint density at radius 2 is 1.95 bits per heavy atom. The predicted molar refractivity (Wildman–Crippen MR) is 67.0 cm³/mol. The van der Waals surface area contributed by atoms with Crippen LogP contribution < -0.4 is 4.72 Å². The van der Waals surface area contributed by atoms with Crippen molar-refractivity contribution in [3.8, 4) is 0 Å². The molecule has 0 saturated heterocycles. The van der Waals surface area contributed by atoms with Gasteiger partial charge in [0.25, 0.3) is 0 Å². The Morgan fingerprint density at radius 3 is 2.43 bits per heavy atom. The number of halogens is 2. The number of aliphatic hydroxyl groups excluding tert-OH is 1. The molecule has 2 rings (SSSR count). The lowest BCUT2D eigenvalue weighted by Crippen LogP contribution is -2.32. The maximum atomic E-state index is 13.6. The van der Waals surface area contributed by atoms with Gasteiger partial charge >= 0.3 is 5.69 Å². The smallest absolute Gasteiger partial charge is 0.306 e. The van der Waals surface area contributed by atoms with Gasteiger partial charge in [-0.1, -0.05) is 0 Å². The van der Waals surface area contributed by atoms with Gasteiger partial charge in [0.2, 0.25) is 15.8 Å². The zero-order chi connectivity index (χ0) is 15.8. The van der Waals surface area contributed by atoms with Crippen molar-refractivity contribution in [2.75, 3.05) is 13.2 Å². The Hall–Kier alpha value is -1.65. The van der Waals surface area contributed by atoms with E-state index < -0.39 is 42.6 Å². The average Bonchev–Trinajstić information content (AvgIpc) is 3.16. The highest BCUT2D eigenvalue weighted by Crippen LogP contribution is 2.44. The molecule has 2 N–H and O–H groups in total. The van der Waals surface area contributed by atoms with E-state index in [4.69, 9.17) is 5.11 Å². The van der Waals surface area contributed by atoms with Crippen LogP contribution >= 0.6 is 0 Å². The average molecular weight is 322 g/mol. The van der Waals surface area contributed by atoms with Gasteiger partial charge in [0.1, 0.15) is 10.7 Å². The fraction of sp³-hybridized carbons (Fsp3) is 0.455. The van der Waals surface area contributed by atoms with Crippen molar-refractivity contribution in [1.82, 2.24) is 4.72 Å². The number of nitrogens with zero attached hydrogens (tertiary/aromatic N) is 1. The number of nitrogens with one attached hydrogen (secondary N) is 1. The minimum atomic E-state index is -4.37. The molecule has 116 valence electrons. The summed E-state index contributed by atoms with van der Waals surface area (Å²) in [4.78, 5) is 8.45. The third-order valence-corrected chi connectivity index (χ3v) is 4.83. The summed E-state index contributed by atoms with van der Waals surface area (Å²) in [6.07, 6.45) is 1.25. The van der Waals surface area contributed by atoms with Gasteiger partial charge in [0.05, 0.1) is 4.92 Å². The first-order valence-electron chi connectivity index (χ1n) is 5.95. The van der Waals surface area contributed by atoms with Crippen molar-refractivity contribution in [2.45, 2.75) is 17.7 Å². The molecule has 1 aromatic carbocycles. The van der Waals surface area contributed by atoms with Crippen LogP contribution in [0.15, 0.2) is 17.0 Å². The molecule has 0 bridgehead atoms. The van der Waals surface area contributed by atoms with E-state index in [-0.39, 0.29) is 19.2 Å². The van der Waals surface area contributed by atoms with E-state index in [0.29, 0.717) is 18.9 Å². The van der Waals surface area contributed by atoms with E-state index in [1.807, 2.05) is 0 Å². The van der Waals surface area contributed by atoms with E-state index in [0.717, 1.165) is 0 Å². The first-order chi connectivity index (χ1) is 9.71. The highest BCUT2D eigenvalue weighted by molar-refractivity contribution is 7.89. The molecule has 1 fully saturated rings. The molecule has 7 nitrogen and oxygen atoms in total. The summed E-state index contributed by atoms with van der Waals surface area (Å²) in [7, 11) is -4.37. The Balaban J connectivity index is 2.31. The topological polar surface area (TPSA) is 110 Å². The monoisotopic (exact) mass is 322 g/mol. The van der Waals surface area contributed by atoms with Gasteiger partial charge in [-0.05, 0) is 12.8 Å². The van der Waals surface area contributed by atoms with E-state index in [2.05, 4.69) is 4.72 Å². The second kappa shape index (κ2) is 5.28. The van der Waals surface area contributed by atoms with Crippen LogP contribution in [0.25, 0.3) is 0 Å². The van der Waals surface area contributed by atoms with E-state index >= 15 is 0 Å². The van der Waals surface area contributed by atoms with E-state index in [1.165, 1.54) is 0 Å². The molecule has 1 aliphatic carbocycles. The summed E-state index contributed by atoms with van der Waals surface area (Å²) < 4.78 is 52.7. The largest absolute Gasteiger partial charge is 0.396 e. The summed E-state index contributed by atoms with van der Waals surface area (Å²) >= 11 is 0. The van der Waals surface area contributed by atoms with Crippen LogP contribution in [0.2, 0.25) is 0 Å². The molecule has 0 heterocycles. The minimum absolute atomic E-state index is 0.115. The van der Waals surface area contributed by atoms with E-state index in [1.54, 1.807) is 0 Å². The molecule has 1 aromatic rings. The van der Waals surface area contributed by atoms with Crippen LogP contribution in [0.3, 0.4) is 0 Å². The molecular weight excluding hydrogens is 310 g/mol. The maximum absolute atomic E-state index is 13.6. The number of hydrogen-bond acceptors (Lipinski definition) is 5. The molecule has 21 heavy (non-hydrogen) atoms. The molecule has 1 aliphatic rings. The zero-order valence-corrected chi connectivity index (χ0v) is 11.5. The second-order valence-electron chi connectivity index (χ2n) is 4.97. The maximum Gasteiger partial charge on any atom is 0.306 e. The van der Waals surface area contributed by atoms with Crippen LogP contribution in [0.5, 0.6) is 0 Å². The normalized spacial score (nSPS) is 16.7. The van der Waals surface area contributed by atoms with Gasteiger partial charge in [0.15, 0.2) is 0 Å². The number of aliphatic hydroxyl groups is 1. The predicted octanol–water partition coefficient (Wildman–Crippen LogP) is 0.924. The SMILES string of the molecule is O=[N+]([O-])c1cc(S(=O)(=O)NCC2(CO)CC2)c(F)cc1F. The summed E-state index contributed by atoms with van der Waals surface area (Å²) in [6, 6.07) is 0.497. The highest BCUT2D eigenvalue weighted by Gasteiger charge is 2.43. The molecule has 0 aliphatic heterocycles. The summed E-state index contributed by atoms with van der Waals surface area (Å²) in [5, 5.41) is 19.7. The van der Waals surface area contributed by atoms with Crippen molar-refractivity contribution >= 4 is 15.7 Å². The molecule has 0 aromatic heterocycles. The van der Waals surface area contributed by atoms with Crippen LogP contribution in [0.4, 0.5) is 14.5 Å². The van der Waals surface area contributed by atoms with Crippen LogP contribution in [-0.2, 0) is 10.0 Å². The molecule has 0 amide bonds. The Bertz CT molecular complexity index is 688. The van der Waals surface area contributed by atoms with Crippen molar-refractivity contribution in [3.63, 3.8) is 0 Å².